The zero-order chi connectivity index (χ0) is 20.4. The summed E-state index contributed by atoms with van der Waals surface area (Å²) < 4.78 is 19.0. The summed E-state index contributed by atoms with van der Waals surface area (Å²) in [6.07, 6.45) is 1.85. The van der Waals surface area contributed by atoms with Crippen molar-refractivity contribution in [1.82, 2.24) is 10.2 Å². The van der Waals surface area contributed by atoms with Gasteiger partial charge in [0.15, 0.2) is 5.76 Å². The SMILES string of the molecule is Cc1ccc(CNC(=O)C2Cc3ccccc3CN2C(=O)c2ccco2)cc1F. The molecule has 0 bridgehead atoms. The van der Waals surface area contributed by atoms with Crippen molar-refractivity contribution in [1.29, 1.82) is 0 Å². The first kappa shape index (κ1) is 18.9. The van der Waals surface area contributed by atoms with Crippen LogP contribution in [0.25, 0.3) is 0 Å². The predicted molar refractivity (Wildman–Crippen MR) is 105 cm³/mol. The van der Waals surface area contributed by atoms with E-state index in [1.54, 1.807) is 31.2 Å². The van der Waals surface area contributed by atoms with Crippen molar-refractivity contribution in [3.05, 3.63) is 94.7 Å². The van der Waals surface area contributed by atoms with Crippen LogP contribution in [-0.2, 0) is 24.3 Å². The number of benzene rings is 2. The lowest BCUT2D eigenvalue weighted by atomic mass is 9.93. The van der Waals surface area contributed by atoms with Crippen LogP contribution in [0.1, 0.15) is 32.8 Å². The lowest BCUT2D eigenvalue weighted by Gasteiger charge is -2.35. The highest BCUT2D eigenvalue weighted by molar-refractivity contribution is 5.96. The Labute approximate surface area is 168 Å². The third-order valence-corrected chi connectivity index (χ3v) is 5.25. The molecular weight excluding hydrogens is 371 g/mol. The Morgan fingerprint density at radius 3 is 2.66 bits per heavy atom. The Kier molecular flexibility index (Phi) is 5.16. The third kappa shape index (κ3) is 3.92. The molecule has 4 rings (SSSR count). The molecule has 1 atom stereocenters. The zero-order valence-corrected chi connectivity index (χ0v) is 16.0. The number of aryl methyl sites for hydroxylation is 1. The number of hydrogen-bond acceptors (Lipinski definition) is 3. The van der Waals surface area contributed by atoms with Gasteiger partial charge in [0.2, 0.25) is 5.91 Å². The van der Waals surface area contributed by atoms with Gasteiger partial charge < -0.3 is 14.6 Å². The Morgan fingerprint density at radius 2 is 1.93 bits per heavy atom. The highest BCUT2D eigenvalue weighted by Crippen LogP contribution is 2.25. The quantitative estimate of drug-likeness (QED) is 0.738. The second kappa shape index (κ2) is 7.91. The molecule has 3 aromatic rings. The van der Waals surface area contributed by atoms with Gasteiger partial charge in [-0.2, -0.15) is 0 Å². The molecule has 1 aliphatic heterocycles. The minimum absolute atomic E-state index is 0.191. The van der Waals surface area contributed by atoms with E-state index < -0.39 is 6.04 Å². The first-order valence-electron chi connectivity index (χ1n) is 9.47. The summed E-state index contributed by atoms with van der Waals surface area (Å²) in [7, 11) is 0. The normalized spacial score (nSPS) is 15.7. The molecule has 0 spiro atoms. The number of carbonyl (C=O) groups excluding carboxylic acids is 2. The fourth-order valence-electron chi connectivity index (χ4n) is 3.57. The monoisotopic (exact) mass is 392 g/mol. The Bertz CT molecular complexity index is 1050. The molecule has 1 aliphatic rings. The molecule has 29 heavy (non-hydrogen) atoms. The second-order valence-corrected chi connectivity index (χ2v) is 7.20. The Balaban J connectivity index is 1.55. The molecule has 1 unspecified atom stereocenters. The molecular formula is C23H21FN2O3. The molecule has 2 heterocycles. The summed E-state index contributed by atoms with van der Waals surface area (Å²) in [6, 6.07) is 15.2. The number of halogens is 1. The summed E-state index contributed by atoms with van der Waals surface area (Å²) in [5, 5.41) is 2.85. The van der Waals surface area contributed by atoms with E-state index in [-0.39, 0.29) is 29.9 Å². The number of amides is 2. The number of hydrogen-bond donors (Lipinski definition) is 1. The summed E-state index contributed by atoms with van der Waals surface area (Å²) in [5.41, 5.74) is 3.27. The molecule has 1 N–H and O–H groups in total. The lowest BCUT2D eigenvalue weighted by molar-refractivity contribution is -0.126. The van der Waals surface area contributed by atoms with Gasteiger partial charge in [0, 0.05) is 19.5 Å². The van der Waals surface area contributed by atoms with Crippen molar-refractivity contribution in [2.75, 3.05) is 0 Å². The molecule has 6 heteroatoms. The highest BCUT2D eigenvalue weighted by Gasteiger charge is 2.35. The van der Waals surface area contributed by atoms with E-state index in [4.69, 9.17) is 4.42 Å². The van der Waals surface area contributed by atoms with Gasteiger partial charge in [-0.25, -0.2) is 4.39 Å². The molecule has 0 aliphatic carbocycles. The molecule has 1 aromatic heterocycles. The van der Waals surface area contributed by atoms with Crippen LogP contribution in [0.5, 0.6) is 0 Å². The van der Waals surface area contributed by atoms with E-state index in [0.29, 0.717) is 24.1 Å². The number of fused-ring (bicyclic) bond motifs is 1. The van der Waals surface area contributed by atoms with Crippen molar-refractivity contribution >= 4 is 11.8 Å². The lowest BCUT2D eigenvalue weighted by Crippen LogP contribution is -2.52. The topological polar surface area (TPSA) is 62.6 Å². The minimum atomic E-state index is -0.669. The van der Waals surface area contributed by atoms with Gasteiger partial charge in [0.1, 0.15) is 11.9 Å². The molecule has 0 radical (unpaired) electrons. The van der Waals surface area contributed by atoms with Crippen molar-refractivity contribution < 1.29 is 18.4 Å². The van der Waals surface area contributed by atoms with Crippen LogP contribution in [0, 0.1) is 12.7 Å². The summed E-state index contributed by atoms with van der Waals surface area (Å²) in [6.45, 7) is 2.21. The smallest absolute Gasteiger partial charge is 0.290 e. The van der Waals surface area contributed by atoms with Crippen LogP contribution >= 0.6 is 0 Å². The largest absolute Gasteiger partial charge is 0.459 e. The average Bonchev–Trinajstić information content (AvgIpc) is 3.28. The van der Waals surface area contributed by atoms with E-state index >= 15 is 0 Å². The molecule has 2 aromatic carbocycles. The van der Waals surface area contributed by atoms with Crippen molar-refractivity contribution in [2.45, 2.75) is 32.5 Å². The maximum Gasteiger partial charge on any atom is 0.290 e. The van der Waals surface area contributed by atoms with Crippen LogP contribution in [0.15, 0.2) is 65.3 Å². The Morgan fingerprint density at radius 1 is 1.14 bits per heavy atom. The van der Waals surface area contributed by atoms with Crippen molar-refractivity contribution in [2.24, 2.45) is 0 Å². The van der Waals surface area contributed by atoms with E-state index in [1.165, 1.54) is 17.2 Å². The standard InChI is InChI=1S/C23H21FN2O3/c1-15-8-9-16(11-19(15)24)13-25-22(27)20-12-17-5-2-3-6-18(17)14-26(20)23(28)21-7-4-10-29-21/h2-11,20H,12-14H2,1H3,(H,25,27). The second-order valence-electron chi connectivity index (χ2n) is 7.20. The van der Waals surface area contributed by atoms with Crippen LogP contribution < -0.4 is 5.32 Å². The van der Waals surface area contributed by atoms with Crippen LogP contribution in [-0.4, -0.2) is 22.8 Å². The van der Waals surface area contributed by atoms with Gasteiger partial charge in [-0.3, -0.25) is 9.59 Å². The van der Waals surface area contributed by atoms with Gasteiger partial charge in [-0.1, -0.05) is 36.4 Å². The number of nitrogens with zero attached hydrogens (tertiary/aromatic N) is 1. The first-order chi connectivity index (χ1) is 14.0. The number of furan rings is 1. The molecule has 148 valence electrons. The van der Waals surface area contributed by atoms with Gasteiger partial charge >= 0.3 is 0 Å². The molecule has 5 nitrogen and oxygen atoms in total. The van der Waals surface area contributed by atoms with Crippen molar-refractivity contribution in [3.8, 4) is 0 Å². The highest BCUT2D eigenvalue weighted by atomic mass is 19.1. The number of nitrogens with one attached hydrogen (secondary N) is 1. The molecule has 0 saturated carbocycles. The third-order valence-electron chi connectivity index (χ3n) is 5.25. The fraction of sp³-hybridized carbons (Fsp3) is 0.217. The van der Waals surface area contributed by atoms with Gasteiger partial charge in [0.05, 0.1) is 6.26 Å². The maximum absolute atomic E-state index is 13.8. The van der Waals surface area contributed by atoms with E-state index in [2.05, 4.69) is 5.32 Å². The number of rotatable bonds is 4. The van der Waals surface area contributed by atoms with E-state index in [0.717, 1.165) is 11.1 Å². The number of carbonyl (C=O) groups is 2. The summed E-state index contributed by atoms with van der Waals surface area (Å²) in [5.74, 6) is -0.716. The minimum Gasteiger partial charge on any atom is -0.459 e. The molecule has 0 fully saturated rings. The van der Waals surface area contributed by atoms with Gasteiger partial charge in [0.25, 0.3) is 5.91 Å². The summed E-state index contributed by atoms with van der Waals surface area (Å²) >= 11 is 0. The zero-order valence-electron chi connectivity index (χ0n) is 16.0. The van der Waals surface area contributed by atoms with E-state index in [9.17, 15) is 14.0 Å². The van der Waals surface area contributed by atoms with Gasteiger partial charge in [-0.15, -0.1) is 0 Å². The van der Waals surface area contributed by atoms with E-state index in [1.807, 2.05) is 24.3 Å². The average molecular weight is 392 g/mol. The molecule has 0 saturated heterocycles. The molecule has 2 amide bonds. The maximum atomic E-state index is 13.8. The van der Waals surface area contributed by atoms with Crippen molar-refractivity contribution in [3.63, 3.8) is 0 Å². The van der Waals surface area contributed by atoms with Crippen LogP contribution in [0.2, 0.25) is 0 Å². The van der Waals surface area contributed by atoms with Crippen LogP contribution in [0.3, 0.4) is 0 Å². The van der Waals surface area contributed by atoms with Gasteiger partial charge in [-0.05, 0) is 47.4 Å². The predicted octanol–water partition coefficient (Wildman–Crippen LogP) is 3.61. The first-order valence-corrected chi connectivity index (χ1v) is 9.47. The summed E-state index contributed by atoms with van der Waals surface area (Å²) in [4.78, 5) is 27.5. The Hall–Kier alpha value is -3.41. The van der Waals surface area contributed by atoms with Crippen LogP contribution in [0.4, 0.5) is 4.39 Å². The fourth-order valence-corrected chi connectivity index (χ4v) is 3.57.